The molecular weight excluding hydrogens is 238 g/mol. The first kappa shape index (κ1) is 13.7. The van der Waals surface area contributed by atoms with Gasteiger partial charge < -0.3 is 14.5 Å². The van der Waals surface area contributed by atoms with Crippen LogP contribution in [0.1, 0.15) is 31.2 Å². The van der Waals surface area contributed by atoms with Gasteiger partial charge in [0.2, 0.25) is 0 Å². The van der Waals surface area contributed by atoms with Crippen LogP contribution < -0.4 is 10.1 Å². The Hall–Kier alpha value is -1.74. The first-order valence-corrected chi connectivity index (χ1v) is 6.61. The quantitative estimate of drug-likeness (QED) is 0.861. The highest BCUT2D eigenvalue weighted by Gasteiger charge is 2.11. The van der Waals surface area contributed by atoms with Gasteiger partial charge in [0.1, 0.15) is 11.5 Å². The normalized spacial score (nSPS) is 14.1. The third kappa shape index (κ3) is 3.86. The molecule has 3 nitrogen and oxygen atoms in total. The average molecular weight is 259 g/mol. The van der Waals surface area contributed by atoms with Crippen molar-refractivity contribution >= 4 is 0 Å². The first-order valence-electron chi connectivity index (χ1n) is 6.61. The Balaban J connectivity index is 1.88. The molecule has 1 aromatic heterocycles. The number of hydrogen-bond acceptors (Lipinski definition) is 3. The monoisotopic (exact) mass is 259 g/mol. The van der Waals surface area contributed by atoms with E-state index in [1.165, 1.54) is 5.56 Å². The van der Waals surface area contributed by atoms with Crippen molar-refractivity contribution in [3.05, 3.63) is 54.0 Å². The molecule has 0 spiro atoms. The van der Waals surface area contributed by atoms with Gasteiger partial charge >= 0.3 is 0 Å². The van der Waals surface area contributed by atoms with Crippen LogP contribution in [-0.2, 0) is 6.42 Å². The molecular formula is C16H21NO2. The van der Waals surface area contributed by atoms with Crippen molar-refractivity contribution in [2.45, 2.75) is 32.4 Å². The van der Waals surface area contributed by atoms with Gasteiger partial charge in [0.25, 0.3) is 0 Å². The largest absolute Gasteiger partial charge is 0.497 e. The lowest BCUT2D eigenvalue weighted by atomic mass is 10.1. The third-order valence-electron chi connectivity index (χ3n) is 3.21. The fourth-order valence-corrected chi connectivity index (χ4v) is 2.22. The van der Waals surface area contributed by atoms with Crippen molar-refractivity contribution in [3.8, 4) is 5.75 Å². The molecule has 3 heteroatoms. The minimum atomic E-state index is 0.225. The highest BCUT2D eigenvalue weighted by Crippen LogP contribution is 2.16. The Bertz CT molecular complexity index is 476. The molecule has 0 saturated heterocycles. The van der Waals surface area contributed by atoms with Gasteiger partial charge in [-0.1, -0.05) is 12.1 Å². The Labute approximate surface area is 114 Å². The molecule has 0 fully saturated rings. The molecule has 0 aliphatic heterocycles. The highest BCUT2D eigenvalue weighted by molar-refractivity contribution is 5.27. The summed E-state index contributed by atoms with van der Waals surface area (Å²) < 4.78 is 10.6. The van der Waals surface area contributed by atoms with E-state index in [0.29, 0.717) is 6.04 Å². The topological polar surface area (TPSA) is 34.4 Å². The molecule has 0 aliphatic carbocycles. The minimum absolute atomic E-state index is 0.225. The molecule has 1 heterocycles. The van der Waals surface area contributed by atoms with Crippen LogP contribution in [0.3, 0.4) is 0 Å². The molecule has 2 unspecified atom stereocenters. The number of benzene rings is 1. The van der Waals surface area contributed by atoms with Crippen LogP contribution in [0.15, 0.2) is 47.1 Å². The number of rotatable bonds is 6. The number of hydrogen-bond donors (Lipinski definition) is 1. The van der Waals surface area contributed by atoms with E-state index in [-0.39, 0.29) is 6.04 Å². The van der Waals surface area contributed by atoms with E-state index in [0.717, 1.165) is 17.9 Å². The Morgan fingerprint density at radius 1 is 1.16 bits per heavy atom. The van der Waals surface area contributed by atoms with Crippen LogP contribution in [0.4, 0.5) is 0 Å². The fourth-order valence-electron chi connectivity index (χ4n) is 2.22. The molecule has 0 amide bonds. The zero-order valence-corrected chi connectivity index (χ0v) is 11.7. The standard InChI is InChI=1S/C16H21NO2/c1-12(17-13(2)16-5-4-10-19-16)11-14-6-8-15(18-3)9-7-14/h4-10,12-13,17H,11H2,1-3H3. The van der Waals surface area contributed by atoms with Crippen molar-refractivity contribution in [1.29, 1.82) is 0 Å². The van der Waals surface area contributed by atoms with Crippen LogP contribution >= 0.6 is 0 Å². The van der Waals surface area contributed by atoms with Gasteiger partial charge in [-0.3, -0.25) is 0 Å². The third-order valence-corrected chi connectivity index (χ3v) is 3.21. The van der Waals surface area contributed by atoms with Crippen molar-refractivity contribution in [1.82, 2.24) is 5.32 Å². The molecule has 0 saturated carbocycles. The summed E-state index contributed by atoms with van der Waals surface area (Å²) in [5.74, 6) is 1.87. The van der Waals surface area contributed by atoms with E-state index in [1.807, 2.05) is 24.3 Å². The van der Waals surface area contributed by atoms with E-state index in [9.17, 15) is 0 Å². The smallest absolute Gasteiger partial charge is 0.120 e. The number of furan rings is 1. The minimum Gasteiger partial charge on any atom is -0.497 e. The summed E-state index contributed by atoms with van der Waals surface area (Å²) in [5.41, 5.74) is 1.30. The second-order valence-corrected chi connectivity index (χ2v) is 4.86. The van der Waals surface area contributed by atoms with Crippen LogP contribution in [0.2, 0.25) is 0 Å². The summed E-state index contributed by atoms with van der Waals surface area (Å²) in [5, 5.41) is 3.53. The van der Waals surface area contributed by atoms with Gasteiger partial charge in [0.15, 0.2) is 0 Å². The van der Waals surface area contributed by atoms with E-state index in [1.54, 1.807) is 13.4 Å². The average Bonchev–Trinajstić information content (AvgIpc) is 2.93. The van der Waals surface area contributed by atoms with Gasteiger partial charge in [0, 0.05) is 6.04 Å². The number of nitrogens with one attached hydrogen (secondary N) is 1. The Morgan fingerprint density at radius 3 is 2.47 bits per heavy atom. The maximum absolute atomic E-state index is 5.40. The Kier molecular flexibility index (Phi) is 4.63. The van der Waals surface area contributed by atoms with Crippen LogP contribution in [0.5, 0.6) is 5.75 Å². The van der Waals surface area contributed by atoms with Crippen LogP contribution in [0.25, 0.3) is 0 Å². The molecule has 1 N–H and O–H groups in total. The summed E-state index contributed by atoms with van der Waals surface area (Å²) in [6.07, 6.45) is 2.69. The molecule has 2 rings (SSSR count). The van der Waals surface area contributed by atoms with Crippen molar-refractivity contribution < 1.29 is 9.15 Å². The highest BCUT2D eigenvalue weighted by atomic mass is 16.5. The zero-order chi connectivity index (χ0) is 13.7. The van der Waals surface area contributed by atoms with Gasteiger partial charge in [-0.15, -0.1) is 0 Å². The number of ether oxygens (including phenoxy) is 1. The van der Waals surface area contributed by atoms with Gasteiger partial charge in [-0.2, -0.15) is 0 Å². The summed E-state index contributed by atoms with van der Waals surface area (Å²) >= 11 is 0. The van der Waals surface area contributed by atoms with Gasteiger partial charge in [0.05, 0.1) is 19.4 Å². The molecule has 19 heavy (non-hydrogen) atoms. The summed E-state index contributed by atoms with van der Waals surface area (Å²) in [7, 11) is 1.68. The zero-order valence-electron chi connectivity index (χ0n) is 11.7. The second-order valence-electron chi connectivity index (χ2n) is 4.86. The molecule has 2 atom stereocenters. The molecule has 0 bridgehead atoms. The van der Waals surface area contributed by atoms with Crippen molar-refractivity contribution in [3.63, 3.8) is 0 Å². The Morgan fingerprint density at radius 2 is 1.89 bits per heavy atom. The first-order chi connectivity index (χ1) is 9.19. The summed E-state index contributed by atoms with van der Waals surface area (Å²) in [6.45, 7) is 4.30. The maximum atomic E-state index is 5.40. The van der Waals surface area contributed by atoms with Gasteiger partial charge in [-0.25, -0.2) is 0 Å². The lowest BCUT2D eigenvalue weighted by Crippen LogP contribution is -2.30. The van der Waals surface area contributed by atoms with Crippen molar-refractivity contribution in [2.24, 2.45) is 0 Å². The fraction of sp³-hybridized carbons (Fsp3) is 0.375. The van der Waals surface area contributed by atoms with Crippen molar-refractivity contribution in [2.75, 3.05) is 7.11 Å². The van der Waals surface area contributed by atoms with E-state index in [4.69, 9.17) is 9.15 Å². The predicted octanol–water partition coefficient (Wildman–Crippen LogP) is 3.57. The lowest BCUT2D eigenvalue weighted by molar-refractivity contribution is 0.396. The van der Waals surface area contributed by atoms with Crippen LogP contribution in [0, 0.1) is 0 Å². The second kappa shape index (κ2) is 6.43. The lowest BCUT2D eigenvalue weighted by Gasteiger charge is -2.18. The molecule has 1 aromatic carbocycles. The SMILES string of the molecule is COc1ccc(CC(C)NC(C)c2ccco2)cc1. The molecule has 0 radical (unpaired) electrons. The summed E-state index contributed by atoms with van der Waals surface area (Å²) in [4.78, 5) is 0. The summed E-state index contributed by atoms with van der Waals surface area (Å²) in [6, 6.07) is 12.7. The number of methoxy groups -OCH3 is 1. The molecule has 102 valence electrons. The van der Waals surface area contributed by atoms with E-state index < -0.39 is 0 Å². The van der Waals surface area contributed by atoms with Crippen LogP contribution in [-0.4, -0.2) is 13.2 Å². The van der Waals surface area contributed by atoms with E-state index >= 15 is 0 Å². The predicted molar refractivity (Wildman–Crippen MR) is 76.4 cm³/mol. The maximum Gasteiger partial charge on any atom is 0.120 e. The molecule has 2 aromatic rings. The molecule has 0 aliphatic rings. The van der Waals surface area contributed by atoms with E-state index in [2.05, 4.69) is 31.3 Å². The van der Waals surface area contributed by atoms with Gasteiger partial charge in [-0.05, 0) is 50.1 Å².